The molecule has 2 aromatic carbocycles. The van der Waals surface area contributed by atoms with E-state index in [1.54, 1.807) is 18.2 Å². The monoisotopic (exact) mass is 365 g/mol. The van der Waals surface area contributed by atoms with Crippen LogP contribution >= 0.6 is 11.6 Å². The largest absolute Gasteiger partial charge is 0.490 e. The maximum absolute atomic E-state index is 13.0. The summed E-state index contributed by atoms with van der Waals surface area (Å²) in [6.45, 7) is 8.70. The molecule has 2 rings (SSSR count). The minimum absolute atomic E-state index is 0.264. The Morgan fingerprint density at radius 2 is 1.76 bits per heavy atom. The van der Waals surface area contributed by atoms with E-state index in [1.165, 1.54) is 12.1 Å². The number of hydrogen-bond acceptors (Lipinski definition) is 3. The average Bonchev–Trinajstić information content (AvgIpc) is 2.57. The summed E-state index contributed by atoms with van der Waals surface area (Å²) in [5.74, 6) is 1.56. The molecule has 0 fully saturated rings. The van der Waals surface area contributed by atoms with Gasteiger partial charge in [0.1, 0.15) is 12.4 Å². The third-order valence-electron chi connectivity index (χ3n) is 3.59. The number of ether oxygens (including phenoxy) is 2. The van der Waals surface area contributed by atoms with E-state index in [0.717, 1.165) is 17.7 Å². The molecular weight excluding hydrogens is 341 g/mol. The Morgan fingerprint density at radius 3 is 2.40 bits per heavy atom. The summed E-state index contributed by atoms with van der Waals surface area (Å²) in [5, 5.41) is 4.01. The summed E-state index contributed by atoms with van der Waals surface area (Å²) in [6.07, 6.45) is 0. The van der Waals surface area contributed by atoms with E-state index >= 15 is 0 Å². The molecule has 3 nitrogen and oxygen atoms in total. The zero-order chi connectivity index (χ0) is 18.2. The van der Waals surface area contributed by atoms with Crippen LogP contribution in [0.15, 0.2) is 36.4 Å². The first-order valence-electron chi connectivity index (χ1n) is 8.52. The van der Waals surface area contributed by atoms with Gasteiger partial charge in [-0.2, -0.15) is 0 Å². The summed E-state index contributed by atoms with van der Waals surface area (Å²) in [7, 11) is 0. The molecule has 0 saturated carbocycles. The highest BCUT2D eigenvalue weighted by atomic mass is 35.5. The molecule has 0 aliphatic carbocycles. The van der Waals surface area contributed by atoms with E-state index in [4.69, 9.17) is 21.1 Å². The summed E-state index contributed by atoms with van der Waals surface area (Å²) >= 11 is 6.39. The first-order valence-corrected chi connectivity index (χ1v) is 8.90. The minimum atomic E-state index is -0.264. The zero-order valence-corrected chi connectivity index (χ0v) is 15.7. The van der Waals surface area contributed by atoms with E-state index in [0.29, 0.717) is 42.2 Å². The fraction of sp³-hybridized carbons (Fsp3) is 0.400. The Labute approximate surface area is 154 Å². The van der Waals surface area contributed by atoms with Gasteiger partial charge in [-0.1, -0.05) is 37.6 Å². The molecular formula is C20H25ClFNO2. The lowest BCUT2D eigenvalue weighted by molar-refractivity contribution is 0.269. The van der Waals surface area contributed by atoms with E-state index < -0.39 is 0 Å². The van der Waals surface area contributed by atoms with Crippen molar-refractivity contribution in [2.24, 2.45) is 5.92 Å². The third kappa shape index (κ3) is 6.22. The van der Waals surface area contributed by atoms with E-state index in [9.17, 15) is 4.39 Å². The van der Waals surface area contributed by atoms with Crippen molar-refractivity contribution in [3.05, 3.63) is 58.4 Å². The molecule has 0 bridgehead atoms. The standard InChI is InChI=1S/C20H25ClFNO2/c1-4-24-19-9-16(12-23-11-14(2)3)18(21)10-20(19)25-13-15-5-7-17(22)8-6-15/h5-10,14,23H,4,11-13H2,1-3H3. The molecule has 0 radical (unpaired) electrons. The predicted octanol–water partition coefficient (Wildman–Crippen LogP) is 5.20. The highest BCUT2D eigenvalue weighted by molar-refractivity contribution is 6.31. The maximum atomic E-state index is 13.0. The number of halogens is 2. The van der Waals surface area contributed by atoms with E-state index in [1.807, 2.05) is 13.0 Å². The number of hydrogen-bond donors (Lipinski definition) is 1. The molecule has 2 aromatic rings. The van der Waals surface area contributed by atoms with Crippen molar-refractivity contribution < 1.29 is 13.9 Å². The van der Waals surface area contributed by atoms with Gasteiger partial charge in [-0.05, 0) is 48.7 Å². The second-order valence-corrected chi connectivity index (χ2v) is 6.67. The van der Waals surface area contributed by atoms with Gasteiger partial charge in [0.25, 0.3) is 0 Å². The molecule has 136 valence electrons. The lowest BCUT2D eigenvalue weighted by atomic mass is 10.1. The molecule has 1 N–H and O–H groups in total. The summed E-state index contributed by atoms with van der Waals surface area (Å²) < 4.78 is 24.5. The van der Waals surface area contributed by atoms with Gasteiger partial charge in [0.15, 0.2) is 11.5 Å². The smallest absolute Gasteiger partial charge is 0.163 e. The summed E-state index contributed by atoms with van der Waals surface area (Å²) in [6, 6.07) is 9.92. The van der Waals surface area contributed by atoms with Crippen LogP contribution < -0.4 is 14.8 Å². The topological polar surface area (TPSA) is 30.5 Å². The van der Waals surface area contributed by atoms with Crippen molar-refractivity contribution in [1.82, 2.24) is 5.32 Å². The van der Waals surface area contributed by atoms with Crippen molar-refractivity contribution in [2.75, 3.05) is 13.2 Å². The molecule has 5 heteroatoms. The van der Waals surface area contributed by atoms with E-state index in [2.05, 4.69) is 19.2 Å². The van der Waals surface area contributed by atoms with E-state index in [-0.39, 0.29) is 5.82 Å². The summed E-state index contributed by atoms with van der Waals surface area (Å²) in [4.78, 5) is 0. The Balaban J connectivity index is 2.10. The quantitative estimate of drug-likeness (QED) is 0.662. The Hall–Kier alpha value is -1.78. The fourth-order valence-electron chi connectivity index (χ4n) is 2.33. The van der Waals surface area contributed by atoms with Crippen LogP contribution in [0.4, 0.5) is 4.39 Å². The SMILES string of the molecule is CCOc1cc(CNCC(C)C)c(Cl)cc1OCc1ccc(F)cc1. The first kappa shape index (κ1) is 19.5. The van der Waals surface area contributed by atoms with Crippen LogP contribution in [0.2, 0.25) is 5.02 Å². The molecule has 0 unspecified atom stereocenters. The lowest BCUT2D eigenvalue weighted by Gasteiger charge is -2.16. The number of rotatable bonds is 9. The highest BCUT2D eigenvalue weighted by Crippen LogP contribution is 2.34. The Kier molecular flexibility index (Phi) is 7.53. The predicted molar refractivity (Wildman–Crippen MR) is 99.9 cm³/mol. The molecule has 0 heterocycles. The second-order valence-electron chi connectivity index (χ2n) is 6.26. The van der Waals surface area contributed by atoms with Crippen LogP contribution in [0.5, 0.6) is 11.5 Å². The lowest BCUT2D eigenvalue weighted by Crippen LogP contribution is -2.19. The maximum Gasteiger partial charge on any atom is 0.163 e. The van der Waals surface area contributed by atoms with Crippen LogP contribution in [0.25, 0.3) is 0 Å². The van der Waals surface area contributed by atoms with Gasteiger partial charge in [-0.3, -0.25) is 0 Å². The number of nitrogens with one attached hydrogen (secondary N) is 1. The van der Waals surface area contributed by atoms with Crippen molar-refractivity contribution in [3.63, 3.8) is 0 Å². The van der Waals surface area contributed by atoms with Crippen molar-refractivity contribution in [2.45, 2.75) is 33.9 Å². The molecule has 0 aliphatic heterocycles. The van der Waals surface area contributed by atoms with Gasteiger partial charge in [0.2, 0.25) is 0 Å². The highest BCUT2D eigenvalue weighted by Gasteiger charge is 2.12. The van der Waals surface area contributed by atoms with Crippen LogP contribution in [-0.4, -0.2) is 13.2 Å². The molecule has 0 spiro atoms. The van der Waals surface area contributed by atoms with Crippen molar-refractivity contribution >= 4 is 11.6 Å². The van der Waals surface area contributed by atoms with Crippen molar-refractivity contribution in [3.8, 4) is 11.5 Å². The van der Waals surface area contributed by atoms with Gasteiger partial charge >= 0.3 is 0 Å². The Morgan fingerprint density at radius 1 is 1.08 bits per heavy atom. The molecule has 0 aromatic heterocycles. The molecule has 0 aliphatic rings. The normalized spacial score (nSPS) is 11.0. The van der Waals surface area contributed by atoms with Gasteiger partial charge in [-0.25, -0.2) is 4.39 Å². The second kappa shape index (κ2) is 9.64. The average molecular weight is 366 g/mol. The van der Waals surface area contributed by atoms with Crippen LogP contribution in [0, 0.1) is 11.7 Å². The number of benzene rings is 2. The first-order chi connectivity index (χ1) is 12.0. The van der Waals surface area contributed by atoms with Gasteiger partial charge in [-0.15, -0.1) is 0 Å². The Bertz CT molecular complexity index is 674. The molecule has 0 saturated heterocycles. The molecule has 0 atom stereocenters. The molecule has 25 heavy (non-hydrogen) atoms. The minimum Gasteiger partial charge on any atom is -0.490 e. The van der Waals surface area contributed by atoms with Gasteiger partial charge < -0.3 is 14.8 Å². The van der Waals surface area contributed by atoms with Crippen LogP contribution in [0.1, 0.15) is 31.9 Å². The van der Waals surface area contributed by atoms with Gasteiger partial charge in [0.05, 0.1) is 6.61 Å². The van der Waals surface area contributed by atoms with Crippen LogP contribution in [-0.2, 0) is 13.2 Å². The van der Waals surface area contributed by atoms with Crippen molar-refractivity contribution in [1.29, 1.82) is 0 Å². The van der Waals surface area contributed by atoms with Gasteiger partial charge in [0, 0.05) is 17.6 Å². The zero-order valence-electron chi connectivity index (χ0n) is 14.9. The third-order valence-corrected chi connectivity index (χ3v) is 3.94. The molecule has 0 amide bonds. The van der Waals surface area contributed by atoms with Crippen LogP contribution in [0.3, 0.4) is 0 Å². The fourth-order valence-corrected chi connectivity index (χ4v) is 2.55. The summed E-state index contributed by atoms with van der Waals surface area (Å²) in [5.41, 5.74) is 1.85.